The molecule has 0 spiro atoms. The van der Waals surface area contributed by atoms with E-state index in [2.05, 4.69) is 35.9 Å². The van der Waals surface area contributed by atoms with Gasteiger partial charge in [0.2, 0.25) is 0 Å². The molecule has 3 rings (SSSR count). The number of anilines is 1. The van der Waals surface area contributed by atoms with Gasteiger partial charge in [-0.1, -0.05) is 13.0 Å². The van der Waals surface area contributed by atoms with Gasteiger partial charge in [-0.2, -0.15) is 0 Å². The summed E-state index contributed by atoms with van der Waals surface area (Å²) in [6.45, 7) is 8.33. The van der Waals surface area contributed by atoms with Gasteiger partial charge < -0.3 is 14.5 Å². The first kappa shape index (κ1) is 13.8. The number of nitrogens with zero attached hydrogens (tertiary/aromatic N) is 3. The topological polar surface area (TPSA) is 28.6 Å². The standard InChI is InChI=1S/C16H25N3O/c1-3-14-4-5-15(13-6-11-20-12-13)16(17-14)19-9-7-18(2)8-10-19/h4-5,13H,3,6-12H2,1-2H3. The molecule has 1 unspecified atom stereocenters. The number of hydrogen-bond donors (Lipinski definition) is 0. The van der Waals surface area contributed by atoms with E-state index in [-0.39, 0.29) is 0 Å². The molecule has 0 saturated carbocycles. The van der Waals surface area contributed by atoms with Crippen LogP contribution < -0.4 is 4.90 Å². The number of aromatic nitrogens is 1. The lowest BCUT2D eigenvalue weighted by atomic mass is 9.98. The third kappa shape index (κ3) is 2.81. The van der Waals surface area contributed by atoms with Gasteiger partial charge in [0.15, 0.2) is 0 Å². The summed E-state index contributed by atoms with van der Waals surface area (Å²) in [5.74, 6) is 1.75. The quantitative estimate of drug-likeness (QED) is 0.842. The first-order chi connectivity index (χ1) is 9.78. The Labute approximate surface area is 121 Å². The molecule has 2 fully saturated rings. The van der Waals surface area contributed by atoms with E-state index in [1.54, 1.807) is 0 Å². The largest absolute Gasteiger partial charge is 0.381 e. The van der Waals surface area contributed by atoms with E-state index in [9.17, 15) is 0 Å². The molecule has 2 saturated heterocycles. The lowest BCUT2D eigenvalue weighted by Crippen LogP contribution is -2.45. The zero-order valence-electron chi connectivity index (χ0n) is 12.6. The molecule has 0 amide bonds. The van der Waals surface area contributed by atoms with Crippen LogP contribution in [0, 0.1) is 0 Å². The Balaban J connectivity index is 1.89. The van der Waals surface area contributed by atoms with Crippen molar-refractivity contribution in [3.05, 3.63) is 23.4 Å². The molecular weight excluding hydrogens is 250 g/mol. The SMILES string of the molecule is CCc1ccc(C2CCOC2)c(N2CCN(C)CC2)n1. The summed E-state index contributed by atoms with van der Waals surface area (Å²) in [4.78, 5) is 9.79. The number of ether oxygens (including phenoxy) is 1. The molecule has 4 heteroatoms. The molecule has 3 heterocycles. The fourth-order valence-electron chi connectivity index (χ4n) is 3.07. The molecule has 0 radical (unpaired) electrons. The second-order valence-corrected chi connectivity index (χ2v) is 5.92. The summed E-state index contributed by atoms with van der Waals surface area (Å²) in [6.07, 6.45) is 2.14. The van der Waals surface area contributed by atoms with Crippen LogP contribution in [0.4, 0.5) is 5.82 Å². The predicted molar refractivity (Wildman–Crippen MR) is 81.5 cm³/mol. The lowest BCUT2D eigenvalue weighted by molar-refractivity contribution is 0.194. The van der Waals surface area contributed by atoms with E-state index in [1.807, 2.05) is 0 Å². The Kier molecular flexibility index (Phi) is 4.22. The molecule has 1 aromatic heterocycles. The highest BCUT2D eigenvalue weighted by atomic mass is 16.5. The van der Waals surface area contributed by atoms with Gasteiger partial charge in [-0.15, -0.1) is 0 Å². The highest BCUT2D eigenvalue weighted by molar-refractivity contribution is 5.50. The maximum absolute atomic E-state index is 5.57. The summed E-state index contributed by atoms with van der Waals surface area (Å²) < 4.78 is 5.57. The second kappa shape index (κ2) is 6.10. The third-order valence-electron chi connectivity index (χ3n) is 4.50. The van der Waals surface area contributed by atoms with Gasteiger partial charge in [0.05, 0.1) is 6.61 Å². The number of piperazine rings is 1. The minimum Gasteiger partial charge on any atom is -0.381 e. The molecular formula is C16H25N3O. The van der Waals surface area contributed by atoms with E-state index >= 15 is 0 Å². The molecule has 0 aliphatic carbocycles. The monoisotopic (exact) mass is 275 g/mol. The number of hydrogen-bond acceptors (Lipinski definition) is 4. The van der Waals surface area contributed by atoms with Crippen LogP contribution in [0.25, 0.3) is 0 Å². The van der Waals surface area contributed by atoms with Gasteiger partial charge in [0.1, 0.15) is 5.82 Å². The third-order valence-corrected chi connectivity index (χ3v) is 4.50. The van der Waals surface area contributed by atoms with Crippen LogP contribution in [0.15, 0.2) is 12.1 Å². The van der Waals surface area contributed by atoms with Crippen molar-refractivity contribution in [2.24, 2.45) is 0 Å². The molecule has 2 aliphatic heterocycles. The van der Waals surface area contributed by atoms with Gasteiger partial charge in [0.25, 0.3) is 0 Å². The molecule has 1 aromatic rings. The highest BCUT2D eigenvalue weighted by Gasteiger charge is 2.25. The number of pyridine rings is 1. The van der Waals surface area contributed by atoms with E-state index in [4.69, 9.17) is 9.72 Å². The Bertz CT molecular complexity index is 449. The van der Waals surface area contributed by atoms with Crippen molar-refractivity contribution >= 4 is 5.82 Å². The van der Waals surface area contributed by atoms with E-state index < -0.39 is 0 Å². The minimum atomic E-state index is 0.531. The van der Waals surface area contributed by atoms with Crippen molar-refractivity contribution < 1.29 is 4.74 Å². The molecule has 110 valence electrons. The Morgan fingerprint density at radius 3 is 2.70 bits per heavy atom. The Morgan fingerprint density at radius 1 is 1.25 bits per heavy atom. The molecule has 20 heavy (non-hydrogen) atoms. The average Bonchev–Trinajstić information content (AvgIpc) is 3.01. The van der Waals surface area contributed by atoms with Crippen LogP contribution in [0.2, 0.25) is 0 Å². The van der Waals surface area contributed by atoms with Crippen LogP contribution >= 0.6 is 0 Å². The van der Waals surface area contributed by atoms with Crippen LogP contribution in [0.3, 0.4) is 0 Å². The first-order valence-electron chi connectivity index (χ1n) is 7.79. The number of rotatable bonds is 3. The van der Waals surface area contributed by atoms with Gasteiger partial charge in [-0.25, -0.2) is 4.98 Å². The van der Waals surface area contributed by atoms with Crippen LogP contribution in [-0.4, -0.2) is 56.3 Å². The van der Waals surface area contributed by atoms with Gasteiger partial charge in [-0.3, -0.25) is 0 Å². The summed E-state index contributed by atoms with van der Waals surface area (Å²) in [5.41, 5.74) is 2.59. The average molecular weight is 275 g/mol. The summed E-state index contributed by atoms with van der Waals surface area (Å²) in [6, 6.07) is 4.48. The summed E-state index contributed by atoms with van der Waals surface area (Å²) in [5, 5.41) is 0. The van der Waals surface area contributed by atoms with E-state index in [0.29, 0.717) is 5.92 Å². The predicted octanol–water partition coefficient (Wildman–Crippen LogP) is 1.90. The van der Waals surface area contributed by atoms with Crippen molar-refractivity contribution in [3.8, 4) is 0 Å². The van der Waals surface area contributed by atoms with Gasteiger partial charge in [0, 0.05) is 50.0 Å². The number of aryl methyl sites for hydroxylation is 1. The highest BCUT2D eigenvalue weighted by Crippen LogP contribution is 2.32. The van der Waals surface area contributed by atoms with Crippen molar-refractivity contribution in [2.45, 2.75) is 25.7 Å². The van der Waals surface area contributed by atoms with E-state index in [1.165, 1.54) is 17.1 Å². The zero-order chi connectivity index (χ0) is 13.9. The summed E-state index contributed by atoms with van der Waals surface area (Å²) in [7, 11) is 2.19. The van der Waals surface area contributed by atoms with Crippen molar-refractivity contribution in [1.29, 1.82) is 0 Å². The van der Waals surface area contributed by atoms with Crippen LogP contribution in [0.5, 0.6) is 0 Å². The van der Waals surface area contributed by atoms with Crippen LogP contribution in [0.1, 0.15) is 30.5 Å². The maximum atomic E-state index is 5.57. The van der Waals surface area contributed by atoms with Crippen molar-refractivity contribution in [2.75, 3.05) is 51.3 Å². The minimum absolute atomic E-state index is 0.531. The van der Waals surface area contributed by atoms with Crippen LogP contribution in [-0.2, 0) is 11.2 Å². The van der Waals surface area contributed by atoms with Gasteiger partial charge >= 0.3 is 0 Å². The fraction of sp³-hybridized carbons (Fsp3) is 0.688. The Hall–Kier alpha value is -1.13. The lowest BCUT2D eigenvalue weighted by Gasteiger charge is -2.35. The van der Waals surface area contributed by atoms with Gasteiger partial charge in [-0.05, 0) is 26.0 Å². The molecule has 0 aromatic carbocycles. The fourth-order valence-corrected chi connectivity index (χ4v) is 3.07. The summed E-state index contributed by atoms with van der Waals surface area (Å²) >= 11 is 0. The molecule has 2 aliphatic rings. The normalized spacial score (nSPS) is 24.3. The molecule has 4 nitrogen and oxygen atoms in total. The molecule has 0 N–H and O–H groups in total. The second-order valence-electron chi connectivity index (χ2n) is 5.92. The zero-order valence-corrected chi connectivity index (χ0v) is 12.6. The first-order valence-corrected chi connectivity index (χ1v) is 7.79. The smallest absolute Gasteiger partial charge is 0.132 e. The van der Waals surface area contributed by atoms with Crippen molar-refractivity contribution in [1.82, 2.24) is 9.88 Å². The maximum Gasteiger partial charge on any atom is 0.132 e. The van der Waals surface area contributed by atoms with Crippen molar-refractivity contribution in [3.63, 3.8) is 0 Å². The Morgan fingerprint density at radius 2 is 2.05 bits per heavy atom. The molecule has 1 atom stereocenters. The van der Waals surface area contributed by atoms with E-state index in [0.717, 1.165) is 52.2 Å². The molecule has 0 bridgehead atoms. The number of likely N-dealkylation sites (N-methyl/N-ethyl adjacent to an activating group) is 1.